The molecule has 0 atom stereocenters. The molecule has 0 fully saturated rings. The molecular weight excluding hydrogens is 272 g/mol. The largest absolute Gasteiger partial charge is 0.497 e. The second-order valence-electron chi connectivity index (χ2n) is 5.35. The molecule has 3 rings (SSSR count). The first-order chi connectivity index (χ1) is 10.7. The van der Waals surface area contributed by atoms with Gasteiger partial charge in [-0.05, 0) is 36.2 Å². The maximum atomic E-state index is 9.14. The molecule has 0 aliphatic rings. The van der Waals surface area contributed by atoms with E-state index in [-0.39, 0.29) is 0 Å². The van der Waals surface area contributed by atoms with Crippen molar-refractivity contribution in [2.45, 2.75) is 19.9 Å². The van der Waals surface area contributed by atoms with Crippen molar-refractivity contribution < 1.29 is 4.74 Å². The lowest BCUT2D eigenvalue weighted by Gasteiger charge is -2.09. The van der Waals surface area contributed by atoms with Crippen LogP contribution in [0.25, 0.3) is 10.9 Å². The molecule has 0 saturated heterocycles. The van der Waals surface area contributed by atoms with Gasteiger partial charge < -0.3 is 9.30 Å². The molecule has 0 saturated carbocycles. The standard InChI is InChI=1S/C19H18N2O/c1-14-17(10-11-20)18-12-16(22-2)8-9-19(18)21(14)13-15-6-4-3-5-7-15/h3-9,12H,10,13H2,1-2H3. The van der Waals surface area contributed by atoms with Gasteiger partial charge in [0, 0.05) is 23.1 Å². The lowest BCUT2D eigenvalue weighted by atomic mass is 10.1. The average Bonchev–Trinajstić information content (AvgIpc) is 2.81. The zero-order chi connectivity index (χ0) is 15.5. The van der Waals surface area contributed by atoms with E-state index < -0.39 is 0 Å². The van der Waals surface area contributed by atoms with Crippen LogP contribution in [0, 0.1) is 18.3 Å². The predicted molar refractivity (Wildman–Crippen MR) is 88.1 cm³/mol. The summed E-state index contributed by atoms with van der Waals surface area (Å²) < 4.78 is 7.61. The van der Waals surface area contributed by atoms with E-state index in [0.29, 0.717) is 6.42 Å². The Hall–Kier alpha value is -2.73. The smallest absolute Gasteiger partial charge is 0.119 e. The van der Waals surface area contributed by atoms with Crippen molar-refractivity contribution in [3.05, 3.63) is 65.4 Å². The Morgan fingerprint density at radius 1 is 1.14 bits per heavy atom. The summed E-state index contributed by atoms with van der Waals surface area (Å²) in [6, 6.07) is 18.7. The maximum Gasteiger partial charge on any atom is 0.119 e. The predicted octanol–water partition coefficient (Wildman–Crippen LogP) is 4.07. The first-order valence-electron chi connectivity index (χ1n) is 7.31. The second-order valence-corrected chi connectivity index (χ2v) is 5.35. The van der Waals surface area contributed by atoms with Gasteiger partial charge in [0.25, 0.3) is 0 Å². The van der Waals surface area contributed by atoms with Gasteiger partial charge >= 0.3 is 0 Å². The maximum absolute atomic E-state index is 9.14. The third-order valence-corrected chi connectivity index (χ3v) is 4.10. The minimum atomic E-state index is 0.414. The molecule has 3 heteroatoms. The normalized spacial score (nSPS) is 10.6. The number of aromatic nitrogens is 1. The number of rotatable bonds is 4. The molecule has 2 aromatic carbocycles. The summed E-state index contributed by atoms with van der Waals surface area (Å²) in [5.41, 5.74) is 4.63. The van der Waals surface area contributed by atoms with Crippen LogP contribution in [-0.4, -0.2) is 11.7 Å². The molecular formula is C19H18N2O. The topological polar surface area (TPSA) is 37.9 Å². The molecule has 0 radical (unpaired) electrons. The van der Waals surface area contributed by atoms with Crippen molar-refractivity contribution in [3.63, 3.8) is 0 Å². The lowest BCUT2D eigenvalue weighted by molar-refractivity contribution is 0.415. The summed E-state index contributed by atoms with van der Waals surface area (Å²) in [5.74, 6) is 0.823. The number of hydrogen-bond donors (Lipinski definition) is 0. The third kappa shape index (κ3) is 2.44. The molecule has 3 nitrogen and oxygen atoms in total. The number of ether oxygens (including phenoxy) is 1. The van der Waals surface area contributed by atoms with E-state index in [1.54, 1.807) is 7.11 Å². The minimum absolute atomic E-state index is 0.414. The first kappa shape index (κ1) is 14.2. The molecule has 0 aliphatic carbocycles. The Bertz CT molecular complexity index is 841. The summed E-state index contributed by atoms with van der Waals surface area (Å²) in [6.07, 6.45) is 0.414. The van der Waals surface area contributed by atoms with E-state index in [2.05, 4.69) is 47.9 Å². The van der Waals surface area contributed by atoms with Crippen LogP contribution in [0.2, 0.25) is 0 Å². The van der Waals surface area contributed by atoms with E-state index in [1.807, 2.05) is 18.2 Å². The summed E-state index contributed by atoms with van der Waals surface area (Å²) in [5, 5.41) is 10.2. The molecule has 1 heterocycles. The molecule has 0 bridgehead atoms. The summed E-state index contributed by atoms with van der Waals surface area (Å²) >= 11 is 0. The number of hydrogen-bond acceptors (Lipinski definition) is 2. The van der Waals surface area contributed by atoms with Crippen LogP contribution >= 0.6 is 0 Å². The molecule has 3 aromatic rings. The van der Waals surface area contributed by atoms with Crippen LogP contribution in [-0.2, 0) is 13.0 Å². The van der Waals surface area contributed by atoms with Crippen molar-refractivity contribution in [2.24, 2.45) is 0 Å². The second kappa shape index (κ2) is 5.95. The van der Waals surface area contributed by atoms with Gasteiger partial charge in [-0.3, -0.25) is 0 Å². The summed E-state index contributed by atoms with van der Waals surface area (Å²) in [7, 11) is 1.67. The fourth-order valence-electron chi connectivity index (χ4n) is 2.93. The highest BCUT2D eigenvalue weighted by Crippen LogP contribution is 2.30. The Labute approximate surface area is 130 Å². The van der Waals surface area contributed by atoms with Gasteiger partial charge in [0.2, 0.25) is 0 Å². The number of methoxy groups -OCH3 is 1. The number of benzene rings is 2. The van der Waals surface area contributed by atoms with Gasteiger partial charge in [0.1, 0.15) is 5.75 Å². The highest BCUT2D eigenvalue weighted by atomic mass is 16.5. The molecule has 110 valence electrons. The van der Waals surface area contributed by atoms with Crippen molar-refractivity contribution in [1.82, 2.24) is 4.57 Å². The SMILES string of the molecule is COc1ccc2c(c1)c(CC#N)c(C)n2Cc1ccccc1. The van der Waals surface area contributed by atoms with Crippen LogP contribution in [0.1, 0.15) is 16.8 Å². The van der Waals surface area contributed by atoms with E-state index >= 15 is 0 Å². The van der Waals surface area contributed by atoms with Crippen LogP contribution < -0.4 is 4.74 Å². The van der Waals surface area contributed by atoms with E-state index in [4.69, 9.17) is 10.00 Å². The monoisotopic (exact) mass is 290 g/mol. The number of nitriles is 1. The molecule has 0 unspecified atom stereocenters. The summed E-state index contributed by atoms with van der Waals surface area (Å²) in [4.78, 5) is 0. The zero-order valence-corrected chi connectivity index (χ0v) is 12.8. The fraction of sp³-hybridized carbons (Fsp3) is 0.211. The van der Waals surface area contributed by atoms with Crippen LogP contribution in [0.3, 0.4) is 0 Å². The van der Waals surface area contributed by atoms with Crippen molar-refractivity contribution in [3.8, 4) is 11.8 Å². The highest BCUT2D eigenvalue weighted by molar-refractivity contribution is 5.87. The van der Waals surface area contributed by atoms with Gasteiger partial charge in [-0.25, -0.2) is 0 Å². The lowest BCUT2D eigenvalue weighted by Crippen LogP contribution is -2.02. The first-order valence-corrected chi connectivity index (χ1v) is 7.31. The quantitative estimate of drug-likeness (QED) is 0.726. The Morgan fingerprint density at radius 2 is 1.91 bits per heavy atom. The van der Waals surface area contributed by atoms with Gasteiger partial charge in [-0.15, -0.1) is 0 Å². The average molecular weight is 290 g/mol. The molecule has 1 aromatic heterocycles. The van der Waals surface area contributed by atoms with Crippen molar-refractivity contribution in [1.29, 1.82) is 5.26 Å². The summed E-state index contributed by atoms with van der Waals surface area (Å²) in [6.45, 7) is 2.89. The highest BCUT2D eigenvalue weighted by Gasteiger charge is 2.14. The zero-order valence-electron chi connectivity index (χ0n) is 12.8. The van der Waals surface area contributed by atoms with Crippen LogP contribution in [0.4, 0.5) is 0 Å². The Morgan fingerprint density at radius 3 is 2.59 bits per heavy atom. The third-order valence-electron chi connectivity index (χ3n) is 4.10. The van der Waals surface area contributed by atoms with Crippen LogP contribution in [0.15, 0.2) is 48.5 Å². The van der Waals surface area contributed by atoms with E-state index in [0.717, 1.165) is 34.5 Å². The molecule has 0 aliphatic heterocycles. The van der Waals surface area contributed by atoms with E-state index in [9.17, 15) is 0 Å². The van der Waals surface area contributed by atoms with Crippen molar-refractivity contribution >= 4 is 10.9 Å². The van der Waals surface area contributed by atoms with E-state index in [1.165, 1.54) is 5.56 Å². The molecule has 0 amide bonds. The molecule has 22 heavy (non-hydrogen) atoms. The Kier molecular flexibility index (Phi) is 3.84. The Balaban J connectivity index is 2.17. The molecule has 0 spiro atoms. The van der Waals surface area contributed by atoms with Gasteiger partial charge in [0.15, 0.2) is 0 Å². The molecule has 0 N–H and O–H groups in total. The number of fused-ring (bicyclic) bond motifs is 1. The van der Waals surface area contributed by atoms with Crippen molar-refractivity contribution in [2.75, 3.05) is 7.11 Å². The van der Waals surface area contributed by atoms with Crippen LogP contribution in [0.5, 0.6) is 5.75 Å². The van der Waals surface area contributed by atoms with Gasteiger partial charge in [-0.2, -0.15) is 5.26 Å². The van der Waals surface area contributed by atoms with Gasteiger partial charge in [0.05, 0.1) is 19.6 Å². The van der Waals surface area contributed by atoms with Gasteiger partial charge in [-0.1, -0.05) is 30.3 Å². The number of nitrogens with zero attached hydrogens (tertiary/aromatic N) is 2. The minimum Gasteiger partial charge on any atom is -0.497 e. The fourth-order valence-corrected chi connectivity index (χ4v) is 2.93.